The van der Waals surface area contributed by atoms with Gasteiger partial charge >= 0.3 is 0 Å². The lowest BCUT2D eigenvalue weighted by Gasteiger charge is -1.52. The highest BCUT2D eigenvalue weighted by atomic mass is 31.1. The molecule has 0 aromatic heterocycles. The first-order chi connectivity index (χ1) is 2.43. The van der Waals surface area contributed by atoms with Gasteiger partial charge in [0.05, 0.1) is 0 Å². The Morgan fingerprint density at radius 3 is 2.60 bits per heavy atom. The Labute approximate surface area is 31.1 Å². The van der Waals surface area contributed by atoms with Crippen LogP contribution in [0.4, 0.5) is 0 Å². The predicted octanol–water partition coefficient (Wildman–Crippen LogP) is 0.680. The SMILES string of the molecule is O=PC1=CN1. The topological polar surface area (TPSA) is 39.0 Å². The second-order valence-corrected chi connectivity index (χ2v) is 1.43. The van der Waals surface area contributed by atoms with Crippen molar-refractivity contribution >= 4 is 8.46 Å². The van der Waals surface area contributed by atoms with Crippen molar-refractivity contribution in [2.24, 2.45) is 0 Å². The molecule has 2 nitrogen and oxygen atoms in total. The molecular formula is C2H2NOP. The Morgan fingerprint density at radius 1 is 2.00 bits per heavy atom. The van der Waals surface area contributed by atoms with Crippen molar-refractivity contribution < 1.29 is 4.57 Å². The number of rotatable bonds is 1. The summed E-state index contributed by atoms with van der Waals surface area (Å²) in [5, 5.41) is 2.65. The molecule has 1 rings (SSSR count). The molecule has 0 radical (unpaired) electrons. The summed E-state index contributed by atoms with van der Waals surface area (Å²) in [5.74, 6) is 0. The van der Waals surface area contributed by atoms with Crippen LogP contribution in [-0.4, -0.2) is 0 Å². The fourth-order valence-electron chi connectivity index (χ4n) is 0.0850. The lowest BCUT2D eigenvalue weighted by Crippen LogP contribution is -1.62. The van der Waals surface area contributed by atoms with Gasteiger partial charge in [0.15, 0.2) is 0 Å². The van der Waals surface area contributed by atoms with Crippen molar-refractivity contribution in [3.05, 3.63) is 11.6 Å². The summed E-state index contributed by atoms with van der Waals surface area (Å²) < 4.78 is 9.53. The van der Waals surface area contributed by atoms with Gasteiger partial charge in [0.25, 0.3) is 0 Å². The minimum absolute atomic E-state index is 0.108. The number of hydrogen-bond donors (Lipinski definition) is 1. The zero-order chi connectivity index (χ0) is 3.70. The third-order valence-corrected chi connectivity index (χ3v) is 0.827. The number of hydrogen-bond acceptors (Lipinski definition) is 2. The van der Waals surface area contributed by atoms with Crippen LogP contribution in [0.2, 0.25) is 0 Å². The quantitative estimate of drug-likeness (QED) is 0.477. The van der Waals surface area contributed by atoms with Crippen LogP contribution in [0.15, 0.2) is 11.6 Å². The highest BCUT2D eigenvalue weighted by molar-refractivity contribution is 7.29. The zero-order valence-electron chi connectivity index (χ0n) is 2.43. The molecule has 1 aliphatic heterocycles. The van der Waals surface area contributed by atoms with E-state index in [1.54, 1.807) is 6.20 Å². The van der Waals surface area contributed by atoms with E-state index in [0.29, 0.717) is 0 Å². The summed E-state index contributed by atoms with van der Waals surface area (Å²) in [6, 6.07) is 0. The van der Waals surface area contributed by atoms with Crippen LogP contribution in [0.1, 0.15) is 0 Å². The zero-order valence-corrected chi connectivity index (χ0v) is 3.33. The van der Waals surface area contributed by atoms with Crippen molar-refractivity contribution in [2.45, 2.75) is 0 Å². The lowest BCUT2D eigenvalue weighted by molar-refractivity contribution is 0.601. The van der Waals surface area contributed by atoms with Crippen LogP contribution in [0.5, 0.6) is 0 Å². The minimum atomic E-state index is 0.108. The van der Waals surface area contributed by atoms with Gasteiger partial charge < -0.3 is 5.32 Å². The first-order valence-electron chi connectivity index (χ1n) is 1.23. The van der Waals surface area contributed by atoms with Crippen molar-refractivity contribution in [3.63, 3.8) is 0 Å². The highest BCUT2D eigenvalue weighted by Gasteiger charge is 2.01. The van der Waals surface area contributed by atoms with Gasteiger partial charge in [-0.15, -0.1) is 0 Å². The summed E-state index contributed by atoms with van der Waals surface area (Å²) in [6.45, 7) is 0. The molecule has 0 saturated carbocycles. The normalized spacial score (nSPS) is 17.2. The van der Waals surface area contributed by atoms with Gasteiger partial charge in [-0.25, -0.2) is 0 Å². The van der Waals surface area contributed by atoms with E-state index in [0.717, 1.165) is 5.44 Å². The van der Waals surface area contributed by atoms with Crippen LogP contribution in [-0.2, 0) is 4.57 Å². The summed E-state index contributed by atoms with van der Waals surface area (Å²) in [7, 11) is 0.108. The molecule has 0 unspecified atom stereocenters. The maximum absolute atomic E-state index is 9.53. The molecule has 5 heavy (non-hydrogen) atoms. The first kappa shape index (κ1) is 2.86. The molecule has 1 N–H and O–H groups in total. The molecule has 0 saturated heterocycles. The van der Waals surface area contributed by atoms with Crippen LogP contribution in [0.25, 0.3) is 0 Å². The lowest BCUT2D eigenvalue weighted by atomic mass is 11.3. The minimum Gasteiger partial charge on any atom is -0.352 e. The van der Waals surface area contributed by atoms with Crippen molar-refractivity contribution in [2.75, 3.05) is 0 Å². The molecule has 1 heterocycles. The summed E-state index contributed by atoms with van der Waals surface area (Å²) in [5.41, 5.74) is 0.796. The van der Waals surface area contributed by atoms with Gasteiger partial charge in [0.2, 0.25) is 8.46 Å². The van der Waals surface area contributed by atoms with E-state index in [2.05, 4.69) is 5.32 Å². The van der Waals surface area contributed by atoms with Crippen LogP contribution < -0.4 is 5.32 Å². The van der Waals surface area contributed by atoms with Gasteiger partial charge in [0, 0.05) is 6.20 Å². The summed E-state index contributed by atoms with van der Waals surface area (Å²) in [4.78, 5) is 0. The Kier molecular flexibility index (Phi) is 0.455. The van der Waals surface area contributed by atoms with Gasteiger partial charge in [-0.2, -0.15) is 0 Å². The van der Waals surface area contributed by atoms with Gasteiger partial charge in [-0.05, 0) is 0 Å². The predicted molar refractivity (Wildman–Crippen MR) is 18.8 cm³/mol. The molecule has 1 aliphatic rings. The van der Waals surface area contributed by atoms with Crippen molar-refractivity contribution in [3.8, 4) is 0 Å². The third kappa shape index (κ3) is 0.455. The second-order valence-electron chi connectivity index (χ2n) is 0.765. The molecule has 0 atom stereocenters. The van der Waals surface area contributed by atoms with E-state index >= 15 is 0 Å². The van der Waals surface area contributed by atoms with E-state index in [1.165, 1.54) is 0 Å². The Morgan fingerprint density at radius 2 is 2.60 bits per heavy atom. The van der Waals surface area contributed by atoms with E-state index in [9.17, 15) is 4.57 Å². The standard InChI is InChI=1S/C2H2NOP/c4-5-2-1-3-2/h1,3H. The average molecular weight is 87.0 g/mol. The monoisotopic (exact) mass is 87.0 g/mol. The maximum Gasteiger partial charge on any atom is 0.212 e. The van der Waals surface area contributed by atoms with E-state index in [-0.39, 0.29) is 8.46 Å². The maximum atomic E-state index is 9.53. The fourth-order valence-corrected chi connectivity index (χ4v) is 0.255. The largest absolute Gasteiger partial charge is 0.352 e. The Hall–Kier alpha value is -0.360. The van der Waals surface area contributed by atoms with E-state index in [4.69, 9.17) is 0 Å². The van der Waals surface area contributed by atoms with Gasteiger partial charge in [0.1, 0.15) is 5.44 Å². The molecule has 0 spiro atoms. The van der Waals surface area contributed by atoms with Gasteiger partial charge in [-0.1, -0.05) is 0 Å². The molecule has 0 fully saturated rings. The molecule has 0 bridgehead atoms. The molecule has 0 amide bonds. The third-order valence-electron chi connectivity index (χ3n) is 0.372. The molecule has 0 aliphatic carbocycles. The molecule has 26 valence electrons. The van der Waals surface area contributed by atoms with Crippen LogP contribution in [0.3, 0.4) is 0 Å². The Balaban J connectivity index is 2.49. The molecule has 0 aromatic rings. The number of nitrogens with one attached hydrogen (secondary N) is 1. The molecule has 0 aromatic carbocycles. The van der Waals surface area contributed by atoms with E-state index in [1.807, 2.05) is 0 Å². The highest BCUT2D eigenvalue weighted by Crippen LogP contribution is 2.14. The average Bonchev–Trinajstić information content (AvgIpc) is 2.12. The first-order valence-corrected chi connectivity index (χ1v) is 2.05. The summed E-state index contributed by atoms with van der Waals surface area (Å²) in [6.07, 6.45) is 1.69. The van der Waals surface area contributed by atoms with Crippen molar-refractivity contribution in [1.82, 2.24) is 5.32 Å². The second kappa shape index (κ2) is 0.798. The Bertz CT molecular complexity index is 84.9. The fraction of sp³-hybridized carbons (Fsp3) is 0. The molecular weight excluding hydrogens is 85.0 g/mol. The van der Waals surface area contributed by atoms with Crippen LogP contribution in [0, 0.1) is 0 Å². The smallest absolute Gasteiger partial charge is 0.212 e. The molecule has 3 heteroatoms. The van der Waals surface area contributed by atoms with E-state index < -0.39 is 0 Å². The summed E-state index contributed by atoms with van der Waals surface area (Å²) >= 11 is 0. The van der Waals surface area contributed by atoms with Crippen molar-refractivity contribution in [1.29, 1.82) is 0 Å². The van der Waals surface area contributed by atoms with Crippen LogP contribution >= 0.6 is 8.46 Å². The van der Waals surface area contributed by atoms with Gasteiger partial charge in [-0.3, -0.25) is 4.57 Å².